The second kappa shape index (κ2) is 7.23. The van der Waals surface area contributed by atoms with Crippen molar-refractivity contribution >= 4 is 11.6 Å². The molecule has 0 aliphatic rings. The van der Waals surface area contributed by atoms with Crippen molar-refractivity contribution in [2.24, 2.45) is 0 Å². The molecule has 4 aromatic rings. The lowest BCUT2D eigenvalue weighted by Crippen LogP contribution is -2.22. The summed E-state index contributed by atoms with van der Waals surface area (Å²) in [5.41, 5.74) is 5.99. The molecule has 0 atom stereocenters. The molecule has 6 heteroatoms. The van der Waals surface area contributed by atoms with Gasteiger partial charge in [-0.15, -0.1) is 0 Å². The van der Waals surface area contributed by atoms with Gasteiger partial charge >= 0.3 is 0 Å². The zero-order valence-corrected chi connectivity index (χ0v) is 15.6. The Kier molecular flexibility index (Phi) is 4.61. The first-order valence-electron chi connectivity index (χ1n) is 8.96. The topological polar surface area (TPSA) is 59.3 Å². The maximum Gasteiger partial charge on any atom is 0.257 e. The van der Waals surface area contributed by atoms with Crippen molar-refractivity contribution in [2.75, 3.05) is 0 Å². The van der Waals surface area contributed by atoms with Gasteiger partial charge in [0, 0.05) is 18.3 Å². The SMILES string of the molecule is Cc1ccc(-c2ccnc3c(C(=O)NCc4ccc(F)cc4)cnn23)cc1C. The van der Waals surface area contributed by atoms with E-state index in [2.05, 4.69) is 41.4 Å². The van der Waals surface area contributed by atoms with Gasteiger partial charge in [0.1, 0.15) is 11.4 Å². The van der Waals surface area contributed by atoms with Crippen molar-refractivity contribution in [3.63, 3.8) is 0 Å². The molecule has 0 aliphatic heterocycles. The molecule has 2 heterocycles. The van der Waals surface area contributed by atoms with Crippen molar-refractivity contribution < 1.29 is 9.18 Å². The van der Waals surface area contributed by atoms with Crippen LogP contribution in [0.1, 0.15) is 27.0 Å². The van der Waals surface area contributed by atoms with Crippen LogP contribution < -0.4 is 5.32 Å². The number of nitrogens with one attached hydrogen (secondary N) is 1. The summed E-state index contributed by atoms with van der Waals surface area (Å²) in [6.07, 6.45) is 3.20. The minimum Gasteiger partial charge on any atom is -0.348 e. The van der Waals surface area contributed by atoms with E-state index in [0.717, 1.165) is 16.8 Å². The molecule has 0 radical (unpaired) electrons. The lowest BCUT2D eigenvalue weighted by Gasteiger charge is -2.08. The van der Waals surface area contributed by atoms with E-state index in [0.29, 0.717) is 17.8 Å². The van der Waals surface area contributed by atoms with Crippen molar-refractivity contribution in [3.05, 3.63) is 89.0 Å². The highest BCUT2D eigenvalue weighted by Crippen LogP contribution is 2.23. The summed E-state index contributed by atoms with van der Waals surface area (Å²) in [7, 11) is 0. The quantitative estimate of drug-likeness (QED) is 0.585. The van der Waals surface area contributed by atoms with Crippen LogP contribution in [-0.4, -0.2) is 20.5 Å². The number of rotatable bonds is 4. The highest BCUT2D eigenvalue weighted by molar-refractivity contribution is 5.99. The number of hydrogen-bond donors (Lipinski definition) is 1. The number of halogens is 1. The summed E-state index contributed by atoms with van der Waals surface area (Å²) >= 11 is 0. The first kappa shape index (κ1) is 17.9. The van der Waals surface area contributed by atoms with E-state index >= 15 is 0 Å². The van der Waals surface area contributed by atoms with Crippen LogP contribution in [0.3, 0.4) is 0 Å². The summed E-state index contributed by atoms with van der Waals surface area (Å²) < 4.78 is 14.7. The highest BCUT2D eigenvalue weighted by Gasteiger charge is 2.16. The maximum atomic E-state index is 13.0. The fourth-order valence-corrected chi connectivity index (χ4v) is 3.05. The molecule has 0 spiro atoms. The van der Waals surface area contributed by atoms with Crippen LogP contribution in [0, 0.1) is 19.7 Å². The second-order valence-corrected chi connectivity index (χ2v) is 6.73. The standard InChI is InChI=1S/C22H19FN4O/c1-14-3-6-17(11-15(14)2)20-9-10-24-21-19(13-26-27(20)21)22(28)25-12-16-4-7-18(23)8-5-16/h3-11,13H,12H2,1-2H3,(H,25,28). The normalized spacial score (nSPS) is 11.0. The van der Waals surface area contributed by atoms with Gasteiger partial charge in [-0.2, -0.15) is 5.10 Å². The Labute approximate surface area is 161 Å². The van der Waals surface area contributed by atoms with E-state index in [9.17, 15) is 9.18 Å². The predicted octanol–water partition coefficient (Wildman–Crippen LogP) is 4.08. The first-order valence-corrected chi connectivity index (χ1v) is 8.96. The van der Waals surface area contributed by atoms with E-state index in [1.54, 1.807) is 22.8 Å². The molecule has 0 bridgehead atoms. The highest BCUT2D eigenvalue weighted by atomic mass is 19.1. The molecule has 4 rings (SSSR count). The largest absolute Gasteiger partial charge is 0.348 e. The lowest BCUT2D eigenvalue weighted by molar-refractivity contribution is 0.0952. The van der Waals surface area contributed by atoms with Gasteiger partial charge in [-0.05, 0) is 54.8 Å². The number of carbonyl (C=O) groups excluding carboxylic acids is 1. The number of amides is 1. The Morgan fingerprint density at radius 3 is 2.61 bits per heavy atom. The van der Waals surface area contributed by atoms with E-state index in [4.69, 9.17) is 0 Å². The average molecular weight is 374 g/mol. The Morgan fingerprint density at radius 2 is 1.86 bits per heavy atom. The smallest absolute Gasteiger partial charge is 0.257 e. The molecule has 2 aromatic heterocycles. The van der Waals surface area contributed by atoms with Gasteiger partial charge in [-0.25, -0.2) is 13.9 Å². The first-order chi connectivity index (χ1) is 13.5. The van der Waals surface area contributed by atoms with Gasteiger partial charge in [0.05, 0.1) is 11.9 Å². The monoisotopic (exact) mass is 374 g/mol. The van der Waals surface area contributed by atoms with E-state index < -0.39 is 0 Å². The molecule has 0 unspecified atom stereocenters. The van der Waals surface area contributed by atoms with Crippen LogP contribution in [0.4, 0.5) is 4.39 Å². The third-order valence-electron chi connectivity index (χ3n) is 4.81. The Balaban J connectivity index is 1.63. The Bertz CT molecular complexity index is 1170. The van der Waals surface area contributed by atoms with Gasteiger partial charge < -0.3 is 5.32 Å². The molecule has 0 fully saturated rings. The number of nitrogens with zero attached hydrogens (tertiary/aromatic N) is 3. The van der Waals surface area contributed by atoms with Crippen LogP contribution in [0.25, 0.3) is 16.9 Å². The summed E-state index contributed by atoms with van der Waals surface area (Å²) in [6.45, 7) is 4.43. The van der Waals surface area contributed by atoms with E-state index in [1.165, 1.54) is 29.5 Å². The summed E-state index contributed by atoms with van der Waals surface area (Å²) in [5, 5.41) is 7.21. The molecule has 28 heavy (non-hydrogen) atoms. The molecule has 140 valence electrons. The van der Waals surface area contributed by atoms with Crippen LogP contribution in [0.5, 0.6) is 0 Å². The van der Waals surface area contributed by atoms with Crippen LogP contribution in [0.2, 0.25) is 0 Å². The molecular formula is C22H19FN4O. The molecule has 0 aliphatic carbocycles. The van der Waals surface area contributed by atoms with Crippen molar-refractivity contribution in [1.29, 1.82) is 0 Å². The summed E-state index contributed by atoms with van der Waals surface area (Å²) in [6, 6.07) is 14.1. The van der Waals surface area contributed by atoms with E-state index in [1.807, 2.05) is 12.1 Å². The van der Waals surface area contributed by atoms with Gasteiger partial charge in [-0.1, -0.05) is 24.3 Å². The molecule has 2 aromatic carbocycles. The van der Waals surface area contributed by atoms with Crippen LogP contribution in [-0.2, 0) is 6.54 Å². The number of aryl methyl sites for hydroxylation is 2. The van der Waals surface area contributed by atoms with E-state index in [-0.39, 0.29) is 11.7 Å². The third-order valence-corrected chi connectivity index (χ3v) is 4.81. The lowest BCUT2D eigenvalue weighted by atomic mass is 10.0. The number of hydrogen-bond acceptors (Lipinski definition) is 3. The summed E-state index contributed by atoms with van der Waals surface area (Å²) in [5.74, 6) is -0.579. The zero-order valence-electron chi connectivity index (χ0n) is 15.6. The van der Waals surface area contributed by atoms with Gasteiger partial charge in [-0.3, -0.25) is 4.79 Å². The molecule has 1 N–H and O–H groups in total. The Morgan fingerprint density at radius 1 is 1.07 bits per heavy atom. The fourth-order valence-electron chi connectivity index (χ4n) is 3.05. The fraction of sp³-hybridized carbons (Fsp3) is 0.136. The number of benzene rings is 2. The average Bonchev–Trinajstić information content (AvgIpc) is 3.14. The van der Waals surface area contributed by atoms with Crippen LogP contribution in [0.15, 0.2) is 60.9 Å². The molecule has 0 saturated carbocycles. The molecule has 5 nitrogen and oxygen atoms in total. The van der Waals surface area contributed by atoms with Gasteiger partial charge in [0.15, 0.2) is 5.65 Å². The number of fused-ring (bicyclic) bond motifs is 1. The Hall–Kier alpha value is -3.54. The third kappa shape index (κ3) is 3.36. The summed E-state index contributed by atoms with van der Waals surface area (Å²) in [4.78, 5) is 17.0. The molecule has 1 amide bonds. The van der Waals surface area contributed by atoms with Gasteiger partial charge in [0.2, 0.25) is 0 Å². The van der Waals surface area contributed by atoms with Crippen molar-refractivity contribution in [2.45, 2.75) is 20.4 Å². The van der Waals surface area contributed by atoms with Crippen LogP contribution >= 0.6 is 0 Å². The maximum absolute atomic E-state index is 13.0. The van der Waals surface area contributed by atoms with Crippen molar-refractivity contribution in [3.8, 4) is 11.3 Å². The number of aromatic nitrogens is 3. The van der Waals surface area contributed by atoms with Crippen molar-refractivity contribution in [1.82, 2.24) is 19.9 Å². The molecule has 0 saturated heterocycles. The van der Waals surface area contributed by atoms with Gasteiger partial charge in [0.25, 0.3) is 5.91 Å². The molecular weight excluding hydrogens is 355 g/mol. The zero-order chi connectivity index (χ0) is 19.7. The minimum absolute atomic E-state index is 0.274. The number of carbonyl (C=O) groups is 1. The minimum atomic E-state index is -0.305. The predicted molar refractivity (Wildman–Crippen MR) is 105 cm³/mol. The second-order valence-electron chi connectivity index (χ2n) is 6.73.